The first-order chi connectivity index (χ1) is 29.4. The number of benzene rings is 1. The van der Waals surface area contributed by atoms with Gasteiger partial charge in [0, 0.05) is 84.0 Å². The van der Waals surface area contributed by atoms with Crippen LogP contribution < -0.4 is 31.8 Å². The van der Waals surface area contributed by atoms with Gasteiger partial charge in [-0.15, -0.1) is 0 Å². The van der Waals surface area contributed by atoms with Gasteiger partial charge in [0.05, 0.1) is 17.5 Å². The Balaban J connectivity index is 1.08. The number of carbonyl (C=O) groups excluding carboxylic acids is 1. The summed E-state index contributed by atoms with van der Waals surface area (Å²) in [7, 11) is 5.04. The third-order valence-corrected chi connectivity index (χ3v) is 14.8. The fraction of sp³-hybridized carbons (Fsp3) is 0.432. The third kappa shape index (κ3) is 7.80. The van der Waals surface area contributed by atoms with Crippen LogP contribution in [0, 0.1) is 12.8 Å². The molecule has 0 saturated carbocycles. The van der Waals surface area contributed by atoms with E-state index in [4.69, 9.17) is 40.1 Å². The largest absolute Gasteiger partial charge is 0.507 e. The van der Waals surface area contributed by atoms with Crippen LogP contribution in [-0.4, -0.2) is 88.3 Å². The number of nitrogens with two attached hydrogens (primary N) is 2. The van der Waals surface area contributed by atoms with Crippen molar-refractivity contribution in [3.8, 4) is 22.8 Å². The van der Waals surface area contributed by atoms with Gasteiger partial charge in [-0.1, -0.05) is 21.6 Å². The predicted octanol–water partition coefficient (Wildman–Crippen LogP) is 3.56. The molecule has 1 unspecified atom stereocenters. The van der Waals surface area contributed by atoms with E-state index in [2.05, 4.69) is 22.6 Å². The summed E-state index contributed by atoms with van der Waals surface area (Å²) in [6.45, 7) is 5.25. The number of phenolic OH excluding ortho intramolecular Hbond substituents is 1. The summed E-state index contributed by atoms with van der Waals surface area (Å²) in [5.74, 6) is 1.42. The number of hydrogen-bond donors (Lipinski definition) is 6. The van der Waals surface area contributed by atoms with E-state index in [9.17, 15) is 19.8 Å². The molecule has 0 aliphatic carbocycles. The molecule has 0 amide bonds. The molecule has 5 aliphatic rings. The second-order valence-electron chi connectivity index (χ2n) is 16.7. The summed E-state index contributed by atoms with van der Waals surface area (Å²) in [6.07, 6.45) is 6.40. The number of nitrogens with zero attached hydrogens (tertiary/aromatic N) is 3. The Kier molecular flexibility index (Phi) is 11.2. The number of pyridine rings is 2. The minimum absolute atomic E-state index is 0.0412. The number of phenols is 1. The highest BCUT2D eigenvalue weighted by Crippen LogP contribution is 2.51. The van der Waals surface area contributed by atoms with Crippen LogP contribution in [0.5, 0.6) is 11.5 Å². The van der Waals surface area contributed by atoms with Gasteiger partial charge in [-0.3, -0.25) is 14.7 Å². The zero-order valence-corrected chi connectivity index (χ0v) is 35.9. The number of epoxide rings is 1. The number of rotatable bonds is 7. The first kappa shape index (κ1) is 41.4. The van der Waals surface area contributed by atoms with Gasteiger partial charge in [-0.05, 0) is 70.0 Å². The fourth-order valence-electron chi connectivity index (χ4n) is 9.30. The van der Waals surface area contributed by atoms with E-state index in [1.165, 1.54) is 16.5 Å². The number of nitrogen functional groups attached to an aromatic ring is 2. The van der Waals surface area contributed by atoms with Crippen LogP contribution in [0.3, 0.4) is 0 Å². The molecule has 0 radical (unpaired) electrons. The Bertz CT molecular complexity index is 2580. The topological polar surface area (TPSA) is 225 Å². The Labute approximate surface area is 360 Å². The van der Waals surface area contributed by atoms with Crippen LogP contribution in [0.2, 0.25) is 0 Å². The molecular formula is C44H50N7O8S2+. The molecule has 3 aromatic heterocycles. The number of aromatic hydroxyl groups is 1. The predicted molar refractivity (Wildman–Crippen MR) is 235 cm³/mol. The van der Waals surface area contributed by atoms with Crippen LogP contribution in [0.4, 0.5) is 11.6 Å². The molecular weight excluding hydrogens is 819 g/mol. The van der Waals surface area contributed by atoms with Crippen molar-refractivity contribution in [2.24, 2.45) is 10.9 Å². The molecule has 15 nitrogen and oxygen atoms in total. The van der Waals surface area contributed by atoms with Gasteiger partial charge in [-0.25, -0.2) is 14.8 Å². The SMILES string of the molecule is CNC[C@@H](CCO)[C@]12O[C@@H]1CCc1cc(N)nc(c1)-c1cc(C[NH+]3C=C4N=CC=C4C3)nc(N)c1CSSCC[C@]1(C)Oc3cc4oc(C)cc(=O)c4c(O)c3C[C@H]1OC2=O. The molecule has 8 heterocycles. The standard InChI is InChI=1S/C44H49N7O8S2/c1-23-12-33(53)39-35(56-23)17-34-29(40(39)54)16-37-43(2,58-34)8-11-60-61-22-30-28(15-27(49-41(30)46)20-51-19-25-6-9-48-32(25)21-51)31-13-24(14-38(45)50-31)4-5-36-44(59-36,42(55)57-37)26(7-10-52)18-47-3/h6,9,12-15,17,21,26,36-37,47,52,54H,4-5,7-8,10-11,16,18-20,22H2,1-3H3,(H2,45,50)(H2,46,49)/p+1/t26-,36-,37-,43+,44+/m1/s1. The van der Waals surface area contributed by atoms with Gasteiger partial charge in [0.2, 0.25) is 0 Å². The highest BCUT2D eigenvalue weighted by atomic mass is 33.1. The minimum atomic E-state index is -1.36. The lowest BCUT2D eigenvalue weighted by Crippen LogP contribution is -3.04. The van der Waals surface area contributed by atoms with Crippen molar-refractivity contribution < 1.29 is 38.5 Å². The molecule has 5 aliphatic heterocycles. The maximum atomic E-state index is 14.8. The van der Waals surface area contributed by atoms with Gasteiger partial charge in [0.1, 0.15) is 76.6 Å². The first-order valence-corrected chi connectivity index (χ1v) is 23.1. The molecule has 6 atom stereocenters. The lowest BCUT2D eigenvalue weighted by atomic mass is 9.83. The Morgan fingerprint density at radius 2 is 1.95 bits per heavy atom. The van der Waals surface area contributed by atoms with Crippen molar-refractivity contribution in [3.05, 3.63) is 92.2 Å². The quantitative estimate of drug-likeness (QED) is 0.0888. The number of esters is 1. The molecule has 1 fully saturated rings. The summed E-state index contributed by atoms with van der Waals surface area (Å²) in [6, 6.07) is 8.90. The summed E-state index contributed by atoms with van der Waals surface area (Å²) in [5, 5.41) is 24.9. The van der Waals surface area contributed by atoms with E-state index in [-0.39, 0.29) is 35.2 Å². The van der Waals surface area contributed by atoms with Gasteiger partial charge < -0.3 is 45.6 Å². The monoisotopic (exact) mass is 868 g/mol. The van der Waals surface area contributed by atoms with Gasteiger partial charge >= 0.3 is 5.97 Å². The van der Waals surface area contributed by atoms with E-state index in [1.807, 2.05) is 31.3 Å². The highest BCUT2D eigenvalue weighted by Gasteiger charge is 2.68. The molecule has 2 bridgehead atoms. The number of aromatic nitrogens is 2. The number of nitrogens with one attached hydrogen (secondary N) is 2. The normalized spacial score (nSPS) is 26.3. The van der Waals surface area contributed by atoms with Crippen LogP contribution in [-0.2, 0) is 39.4 Å². The van der Waals surface area contributed by atoms with E-state index in [0.717, 1.165) is 34.6 Å². The summed E-state index contributed by atoms with van der Waals surface area (Å²) in [5.41, 5.74) is 17.4. The molecule has 4 aromatic rings. The van der Waals surface area contributed by atoms with Gasteiger partial charge in [0.15, 0.2) is 11.0 Å². The Morgan fingerprint density at radius 1 is 1.10 bits per heavy atom. The van der Waals surface area contributed by atoms with Crippen molar-refractivity contribution in [3.63, 3.8) is 0 Å². The number of ether oxygens (including phenoxy) is 3. The van der Waals surface area contributed by atoms with Crippen LogP contribution >= 0.6 is 21.6 Å². The van der Waals surface area contributed by atoms with Crippen molar-refractivity contribution in [1.29, 1.82) is 0 Å². The van der Waals surface area contributed by atoms with Crippen LogP contribution in [0.25, 0.3) is 22.2 Å². The maximum absolute atomic E-state index is 14.8. The summed E-state index contributed by atoms with van der Waals surface area (Å²) < 4.78 is 25.6. The van der Waals surface area contributed by atoms with Crippen molar-refractivity contribution in [2.45, 2.75) is 81.7 Å². The van der Waals surface area contributed by atoms with Crippen LogP contribution in [0.15, 0.2) is 68.1 Å². The number of carbonyl (C=O) groups is 1. The number of aliphatic imine (C=N–C) groups is 1. The zero-order chi connectivity index (χ0) is 42.6. The van der Waals surface area contributed by atoms with Crippen molar-refractivity contribution in [2.75, 3.05) is 44.0 Å². The first-order valence-electron chi connectivity index (χ1n) is 20.6. The molecule has 8 N–H and O–H groups in total. The molecule has 61 heavy (non-hydrogen) atoms. The lowest BCUT2D eigenvalue weighted by molar-refractivity contribution is -0.852. The van der Waals surface area contributed by atoms with Crippen LogP contribution in [0.1, 0.15) is 54.3 Å². The van der Waals surface area contributed by atoms with E-state index >= 15 is 0 Å². The minimum Gasteiger partial charge on any atom is -0.507 e. The number of aryl methyl sites for hydroxylation is 2. The Morgan fingerprint density at radius 3 is 2.75 bits per heavy atom. The second kappa shape index (κ2) is 16.4. The molecule has 9 rings (SSSR count). The maximum Gasteiger partial charge on any atom is 0.341 e. The van der Waals surface area contributed by atoms with Crippen molar-refractivity contribution in [1.82, 2.24) is 15.3 Å². The van der Waals surface area contributed by atoms with Gasteiger partial charge in [-0.2, -0.15) is 0 Å². The number of aliphatic hydroxyl groups excluding tert-OH is 1. The Hall–Kier alpha value is -4.91. The van der Waals surface area contributed by atoms with Crippen molar-refractivity contribution >= 4 is 56.4 Å². The summed E-state index contributed by atoms with van der Waals surface area (Å²) >= 11 is 0. The number of fused-ring (bicyclic) bond motifs is 9. The van der Waals surface area contributed by atoms with Gasteiger partial charge in [0.25, 0.3) is 0 Å². The molecule has 320 valence electrons. The average molecular weight is 869 g/mol. The van der Waals surface area contributed by atoms with E-state index in [0.29, 0.717) is 84.7 Å². The molecule has 1 aromatic carbocycles. The average Bonchev–Trinajstić information content (AvgIpc) is 3.58. The lowest BCUT2D eigenvalue weighted by Gasteiger charge is -2.42. The molecule has 1 saturated heterocycles. The molecule has 0 spiro atoms. The number of hydrogen-bond acceptors (Lipinski definition) is 16. The number of quaternary nitrogens is 1. The number of allylic oxidation sites excluding steroid dienone is 1. The zero-order valence-electron chi connectivity index (χ0n) is 34.3. The second-order valence-corrected chi connectivity index (χ2v) is 19.3. The third-order valence-electron chi connectivity index (χ3n) is 12.5. The number of anilines is 2. The number of aliphatic hydroxyl groups is 1. The van der Waals surface area contributed by atoms with E-state index in [1.54, 1.807) is 41.6 Å². The fourth-order valence-corrected chi connectivity index (χ4v) is 11.6. The highest BCUT2D eigenvalue weighted by molar-refractivity contribution is 8.76. The van der Waals surface area contributed by atoms with E-state index < -0.39 is 35.3 Å². The smallest absolute Gasteiger partial charge is 0.341 e. The summed E-state index contributed by atoms with van der Waals surface area (Å²) in [4.78, 5) is 43.2. The molecule has 17 heteroatoms.